The fourth-order valence-corrected chi connectivity index (χ4v) is 3.82. The number of anilines is 3. The van der Waals surface area contributed by atoms with Crippen molar-refractivity contribution in [3.63, 3.8) is 0 Å². The summed E-state index contributed by atoms with van der Waals surface area (Å²) in [5.41, 5.74) is 14.1. The van der Waals surface area contributed by atoms with Gasteiger partial charge in [0.25, 0.3) is 0 Å². The van der Waals surface area contributed by atoms with Crippen molar-refractivity contribution in [2.75, 3.05) is 31.0 Å². The van der Waals surface area contributed by atoms with Crippen molar-refractivity contribution < 1.29 is 23.8 Å². The van der Waals surface area contributed by atoms with E-state index in [2.05, 4.69) is 15.3 Å². The molecule has 176 valence electrons. The lowest BCUT2D eigenvalue weighted by molar-refractivity contribution is 0.0698. The van der Waals surface area contributed by atoms with Gasteiger partial charge in [0.1, 0.15) is 11.6 Å². The predicted molar refractivity (Wildman–Crippen MR) is 129 cm³/mol. The summed E-state index contributed by atoms with van der Waals surface area (Å²) in [4.78, 5) is 19.6. The van der Waals surface area contributed by atoms with Gasteiger partial charge in [-0.2, -0.15) is 4.98 Å². The molecule has 2 heterocycles. The third-order valence-electron chi connectivity index (χ3n) is 5.25. The Hall–Kier alpha value is -4.18. The highest BCUT2D eigenvalue weighted by Crippen LogP contribution is 2.40. The number of nitrogens with zero attached hydrogens (tertiary/aromatic N) is 2. The molecule has 0 saturated heterocycles. The monoisotopic (exact) mass is 483 g/mol. The second-order valence-electron chi connectivity index (χ2n) is 7.39. The van der Waals surface area contributed by atoms with Crippen molar-refractivity contribution in [3.05, 3.63) is 64.0 Å². The van der Waals surface area contributed by atoms with E-state index in [0.29, 0.717) is 45.5 Å². The van der Waals surface area contributed by atoms with Crippen molar-refractivity contribution >= 4 is 46.0 Å². The quantitative estimate of drug-likeness (QED) is 0.289. The normalized spacial score (nSPS) is 10.9. The summed E-state index contributed by atoms with van der Waals surface area (Å²) >= 11 is 6.05. The van der Waals surface area contributed by atoms with Gasteiger partial charge >= 0.3 is 5.97 Å². The lowest BCUT2D eigenvalue weighted by Crippen LogP contribution is -2.06. The molecule has 34 heavy (non-hydrogen) atoms. The molecule has 0 aliphatic carbocycles. The van der Waals surface area contributed by atoms with E-state index < -0.39 is 5.97 Å². The number of furan rings is 1. The number of nitrogens with two attached hydrogens (primary N) is 2. The van der Waals surface area contributed by atoms with Crippen molar-refractivity contribution in [3.8, 4) is 11.5 Å². The Morgan fingerprint density at radius 2 is 1.97 bits per heavy atom. The van der Waals surface area contributed by atoms with Crippen molar-refractivity contribution in [2.24, 2.45) is 0 Å². The van der Waals surface area contributed by atoms with Gasteiger partial charge in [0.15, 0.2) is 11.3 Å². The Labute approximate surface area is 199 Å². The summed E-state index contributed by atoms with van der Waals surface area (Å²) < 4.78 is 17.1. The Bertz CT molecular complexity index is 1390. The van der Waals surface area contributed by atoms with Gasteiger partial charge in [-0.1, -0.05) is 11.6 Å². The lowest BCUT2D eigenvalue weighted by atomic mass is 10.0. The van der Waals surface area contributed by atoms with E-state index in [9.17, 15) is 9.90 Å². The van der Waals surface area contributed by atoms with E-state index in [0.717, 1.165) is 10.9 Å². The molecule has 2 aromatic carbocycles. The molecule has 0 unspecified atom stereocenters. The number of carboxylic acid groups (broad SMARTS) is 1. The molecule has 0 amide bonds. The van der Waals surface area contributed by atoms with Crippen LogP contribution in [0.15, 0.2) is 40.9 Å². The van der Waals surface area contributed by atoms with Crippen LogP contribution in [0.5, 0.6) is 11.5 Å². The number of nitrogen functional groups attached to an aromatic ring is 2. The van der Waals surface area contributed by atoms with Gasteiger partial charge in [0.2, 0.25) is 11.7 Å². The molecule has 0 saturated carbocycles. The van der Waals surface area contributed by atoms with Crippen molar-refractivity contribution in [1.82, 2.24) is 9.97 Å². The predicted octanol–water partition coefficient (Wildman–Crippen LogP) is 3.96. The molecule has 0 aliphatic heterocycles. The first-order valence-corrected chi connectivity index (χ1v) is 10.5. The van der Waals surface area contributed by atoms with Gasteiger partial charge in [-0.05, 0) is 35.9 Å². The fraction of sp³-hybridized carbons (Fsp3) is 0.174. The van der Waals surface area contributed by atoms with Crippen LogP contribution in [0.25, 0.3) is 11.0 Å². The van der Waals surface area contributed by atoms with Gasteiger partial charge in [-0.15, -0.1) is 0 Å². The molecule has 10 nitrogen and oxygen atoms in total. The second-order valence-corrected chi connectivity index (χ2v) is 7.83. The molecule has 2 aromatic heterocycles. The maximum atomic E-state index is 11.5. The van der Waals surface area contributed by atoms with Crippen LogP contribution < -0.4 is 26.3 Å². The van der Waals surface area contributed by atoms with E-state index in [-0.39, 0.29) is 23.9 Å². The number of aromatic nitrogens is 2. The SMILES string of the molecule is COc1cc(Cc2cnc(N)nc2N)c2cc(CNc3cc(Cl)ccc3C(=O)O)oc2c1OC. The molecule has 11 heteroatoms. The minimum Gasteiger partial charge on any atom is -0.493 e. The molecule has 4 rings (SSSR count). The number of aromatic carboxylic acids is 1. The first kappa shape index (κ1) is 23.0. The molecule has 0 bridgehead atoms. The van der Waals surface area contributed by atoms with E-state index in [1.165, 1.54) is 26.4 Å². The zero-order valence-electron chi connectivity index (χ0n) is 18.4. The first-order valence-electron chi connectivity index (χ1n) is 10.1. The summed E-state index contributed by atoms with van der Waals surface area (Å²) in [7, 11) is 3.06. The maximum absolute atomic E-state index is 11.5. The summed E-state index contributed by atoms with van der Waals surface area (Å²) in [6, 6.07) is 8.19. The number of rotatable bonds is 8. The number of carboxylic acids is 1. The molecular weight excluding hydrogens is 462 g/mol. The van der Waals surface area contributed by atoms with E-state index in [4.69, 9.17) is 37.0 Å². The number of halogens is 1. The zero-order valence-corrected chi connectivity index (χ0v) is 19.1. The molecule has 6 N–H and O–H groups in total. The molecular formula is C23H22ClN5O5. The Morgan fingerprint density at radius 1 is 1.18 bits per heavy atom. The third-order valence-corrected chi connectivity index (χ3v) is 5.49. The number of fused-ring (bicyclic) bond motifs is 1. The van der Waals surface area contributed by atoms with Crippen molar-refractivity contribution in [1.29, 1.82) is 0 Å². The average molecular weight is 484 g/mol. The number of methoxy groups -OCH3 is 2. The topological polar surface area (TPSA) is 159 Å². The van der Waals surface area contributed by atoms with Gasteiger partial charge in [-0.25, -0.2) is 9.78 Å². The van der Waals surface area contributed by atoms with Gasteiger partial charge < -0.3 is 35.8 Å². The number of ether oxygens (including phenoxy) is 2. The van der Waals surface area contributed by atoms with Crippen LogP contribution in [0.3, 0.4) is 0 Å². The van der Waals surface area contributed by atoms with E-state index >= 15 is 0 Å². The van der Waals surface area contributed by atoms with Gasteiger partial charge in [0.05, 0.1) is 32.0 Å². The third kappa shape index (κ3) is 4.48. The summed E-state index contributed by atoms with van der Waals surface area (Å²) in [5, 5.41) is 13.7. The largest absolute Gasteiger partial charge is 0.493 e. The smallest absolute Gasteiger partial charge is 0.337 e. The van der Waals surface area contributed by atoms with Crippen LogP contribution in [0.4, 0.5) is 17.5 Å². The Morgan fingerprint density at radius 3 is 2.65 bits per heavy atom. The number of nitrogens with one attached hydrogen (secondary N) is 1. The Balaban J connectivity index is 1.73. The molecule has 0 aliphatic rings. The highest BCUT2D eigenvalue weighted by molar-refractivity contribution is 6.31. The fourth-order valence-electron chi connectivity index (χ4n) is 3.65. The van der Waals surface area contributed by atoms with Crippen LogP contribution in [0.2, 0.25) is 5.02 Å². The van der Waals surface area contributed by atoms with Crippen molar-refractivity contribution in [2.45, 2.75) is 13.0 Å². The van der Waals surface area contributed by atoms with Crippen LogP contribution in [0, 0.1) is 0 Å². The number of benzene rings is 2. The maximum Gasteiger partial charge on any atom is 0.337 e. The van der Waals surface area contributed by atoms with Crippen LogP contribution in [-0.2, 0) is 13.0 Å². The van der Waals surface area contributed by atoms with Crippen LogP contribution >= 0.6 is 11.6 Å². The second kappa shape index (κ2) is 9.36. The highest BCUT2D eigenvalue weighted by atomic mass is 35.5. The number of carbonyl (C=O) groups is 1. The van der Waals surface area contributed by atoms with E-state index in [1.54, 1.807) is 12.3 Å². The summed E-state index contributed by atoms with van der Waals surface area (Å²) in [5.74, 6) is 0.765. The highest BCUT2D eigenvalue weighted by Gasteiger charge is 2.20. The molecule has 0 radical (unpaired) electrons. The van der Waals surface area contributed by atoms with Crippen LogP contribution in [-0.4, -0.2) is 35.3 Å². The molecule has 0 atom stereocenters. The lowest BCUT2D eigenvalue weighted by Gasteiger charge is -2.12. The molecule has 0 fully saturated rings. The number of hydrogen-bond acceptors (Lipinski definition) is 9. The standard InChI is InChI=1S/C23H22ClN5O5/c1-32-18-6-11(5-12-9-28-23(26)29-21(12)25)16-8-14(34-19(16)20(18)33-2)10-27-17-7-13(24)3-4-15(17)22(30)31/h3-4,6-9,27H,5,10H2,1-2H3,(H,30,31)(H4,25,26,28,29). The van der Waals surface area contributed by atoms with Gasteiger partial charge in [-0.3, -0.25) is 0 Å². The van der Waals surface area contributed by atoms with Crippen LogP contribution in [0.1, 0.15) is 27.2 Å². The van der Waals surface area contributed by atoms with E-state index in [1.807, 2.05) is 12.1 Å². The average Bonchev–Trinajstić information content (AvgIpc) is 3.23. The Kier molecular flexibility index (Phi) is 6.33. The number of hydrogen-bond donors (Lipinski definition) is 4. The minimum absolute atomic E-state index is 0.0946. The zero-order chi connectivity index (χ0) is 24.4. The summed E-state index contributed by atoms with van der Waals surface area (Å²) in [6.45, 7) is 0.202. The molecule has 4 aromatic rings. The summed E-state index contributed by atoms with van der Waals surface area (Å²) in [6.07, 6.45) is 1.97. The minimum atomic E-state index is -1.07. The molecule has 0 spiro atoms. The van der Waals surface area contributed by atoms with Gasteiger partial charge in [0, 0.05) is 28.6 Å². The first-order chi connectivity index (χ1) is 16.3.